The van der Waals surface area contributed by atoms with Crippen LogP contribution in [0.1, 0.15) is 59.1 Å². The molecule has 8 heteroatoms. The summed E-state index contributed by atoms with van der Waals surface area (Å²) >= 11 is 1.52. The van der Waals surface area contributed by atoms with Crippen LogP contribution in [-0.2, 0) is 14.3 Å². The standard InChI is InChI=1S/C25H34N2O5S/c1-15(2)9-11-31-19-8-7-18(13-20(19)30-6)23-22(24(29)32-14-16(3)4)17(5)26-25-27(23)21(28)10-12-33-25/h7-8,13,15-16,23H,9-12,14H2,1-6H3/t23-/m0/s1. The average molecular weight is 475 g/mol. The third kappa shape index (κ3) is 5.91. The van der Waals surface area contributed by atoms with E-state index in [0.29, 0.717) is 59.2 Å². The summed E-state index contributed by atoms with van der Waals surface area (Å²) in [5.41, 5.74) is 1.70. The summed E-state index contributed by atoms with van der Waals surface area (Å²) in [6.07, 6.45) is 1.32. The molecule has 2 aliphatic heterocycles. The Balaban J connectivity index is 2.01. The molecular formula is C25H34N2O5S. The molecule has 1 aromatic rings. The monoisotopic (exact) mass is 474 g/mol. The average Bonchev–Trinajstić information content (AvgIpc) is 2.76. The highest BCUT2D eigenvalue weighted by Crippen LogP contribution is 2.42. The van der Waals surface area contributed by atoms with Crippen LogP contribution in [0.4, 0.5) is 0 Å². The van der Waals surface area contributed by atoms with Crippen molar-refractivity contribution >= 4 is 28.8 Å². The van der Waals surface area contributed by atoms with Crippen LogP contribution in [0.25, 0.3) is 0 Å². The zero-order valence-electron chi connectivity index (χ0n) is 20.3. The number of benzene rings is 1. The van der Waals surface area contributed by atoms with Crippen molar-refractivity contribution in [2.45, 2.75) is 53.5 Å². The Morgan fingerprint density at radius 2 is 1.97 bits per heavy atom. The summed E-state index contributed by atoms with van der Waals surface area (Å²) in [6.45, 7) is 10.9. The molecule has 33 heavy (non-hydrogen) atoms. The second-order valence-electron chi connectivity index (χ2n) is 9.09. The van der Waals surface area contributed by atoms with Crippen LogP contribution in [0.2, 0.25) is 0 Å². The first kappa shape index (κ1) is 25.1. The van der Waals surface area contributed by atoms with Crippen molar-refractivity contribution in [2.75, 3.05) is 26.1 Å². The number of allylic oxidation sites excluding steroid dienone is 1. The molecule has 1 amide bonds. The maximum Gasteiger partial charge on any atom is 0.338 e. The van der Waals surface area contributed by atoms with Gasteiger partial charge in [0, 0.05) is 12.2 Å². The molecule has 2 heterocycles. The number of fused-ring (bicyclic) bond motifs is 1. The number of rotatable bonds is 9. The van der Waals surface area contributed by atoms with Crippen molar-refractivity contribution in [2.24, 2.45) is 16.8 Å². The number of amides is 1. The normalized spacial score (nSPS) is 18.4. The van der Waals surface area contributed by atoms with Crippen molar-refractivity contribution in [3.8, 4) is 11.5 Å². The Hall–Kier alpha value is -2.48. The van der Waals surface area contributed by atoms with Crippen molar-refractivity contribution in [1.29, 1.82) is 0 Å². The lowest BCUT2D eigenvalue weighted by Crippen LogP contribution is -2.45. The van der Waals surface area contributed by atoms with Gasteiger partial charge in [0.1, 0.15) is 0 Å². The summed E-state index contributed by atoms with van der Waals surface area (Å²) in [5.74, 6) is 2.09. The smallest absolute Gasteiger partial charge is 0.338 e. The summed E-state index contributed by atoms with van der Waals surface area (Å²) in [6, 6.07) is 4.94. The van der Waals surface area contributed by atoms with Crippen LogP contribution in [0.15, 0.2) is 34.5 Å². The molecule has 180 valence electrons. The zero-order valence-corrected chi connectivity index (χ0v) is 21.2. The van der Waals surface area contributed by atoms with Gasteiger partial charge >= 0.3 is 5.97 Å². The van der Waals surface area contributed by atoms with Crippen LogP contribution in [0, 0.1) is 11.8 Å². The van der Waals surface area contributed by atoms with Crippen molar-refractivity contribution in [1.82, 2.24) is 4.90 Å². The number of methoxy groups -OCH3 is 1. The Morgan fingerprint density at radius 3 is 2.64 bits per heavy atom. The van der Waals surface area contributed by atoms with E-state index in [-0.39, 0.29) is 11.8 Å². The summed E-state index contributed by atoms with van der Waals surface area (Å²) < 4.78 is 17.1. The molecule has 1 fully saturated rings. The van der Waals surface area contributed by atoms with E-state index in [9.17, 15) is 9.59 Å². The van der Waals surface area contributed by atoms with Crippen molar-refractivity contribution in [3.63, 3.8) is 0 Å². The van der Waals surface area contributed by atoms with E-state index < -0.39 is 12.0 Å². The first-order valence-corrected chi connectivity index (χ1v) is 12.4. The Labute approximate surface area is 200 Å². The molecule has 0 saturated carbocycles. The quantitative estimate of drug-likeness (QED) is 0.470. The molecule has 1 atom stereocenters. The van der Waals surface area contributed by atoms with Gasteiger partial charge in [-0.1, -0.05) is 45.5 Å². The fourth-order valence-corrected chi connectivity index (χ4v) is 4.68. The molecule has 0 bridgehead atoms. The largest absolute Gasteiger partial charge is 0.493 e. The van der Waals surface area contributed by atoms with Gasteiger partial charge in [-0.15, -0.1) is 0 Å². The maximum absolute atomic E-state index is 13.2. The van der Waals surface area contributed by atoms with Gasteiger partial charge in [0.25, 0.3) is 0 Å². The van der Waals surface area contributed by atoms with Gasteiger partial charge in [0.15, 0.2) is 16.7 Å². The molecule has 0 aromatic heterocycles. The van der Waals surface area contributed by atoms with Gasteiger partial charge < -0.3 is 14.2 Å². The van der Waals surface area contributed by atoms with E-state index in [0.717, 1.165) is 12.0 Å². The first-order valence-electron chi connectivity index (χ1n) is 11.4. The van der Waals surface area contributed by atoms with Crippen molar-refractivity contribution in [3.05, 3.63) is 35.0 Å². The number of thioether (sulfide) groups is 1. The third-order valence-electron chi connectivity index (χ3n) is 5.43. The van der Waals surface area contributed by atoms with Gasteiger partial charge in [0.2, 0.25) is 5.91 Å². The molecule has 0 radical (unpaired) electrons. The van der Waals surface area contributed by atoms with Crippen LogP contribution >= 0.6 is 11.8 Å². The van der Waals surface area contributed by atoms with E-state index in [1.165, 1.54) is 11.8 Å². The number of nitrogens with zero attached hydrogens (tertiary/aromatic N) is 2. The van der Waals surface area contributed by atoms with E-state index in [1.54, 1.807) is 18.9 Å². The Morgan fingerprint density at radius 1 is 1.21 bits per heavy atom. The lowest BCUT2D eigenvalue weighted by molar-refractivity contribution is -0.141. The Kier molecular flexibility index (Phi) is 8.46. The van der Waals surface area contributed by atoms with E-state index >= 15 is 0 Å². The lowest BCUT2D eigenvalue weighted by Gasteiger charge is -2.39. The van der Waals surface area contributed by atoms with E-state index in [1.807, 2.05) is 32.0 Å². The number of carbonyl (C=O) groups is 2. The predicted octanol–water partition coefficient (Wildman–Crippen LogP) is 4.97. The summed E-state index contributed by atoms with van der Waals surface area (Å²) in [4.78, 5) is 32.3. The second kappa shape index (κ2) is 11.1. The number of aliphatic imine (C=N–C) groups is 1. The zero-order chi connectivity index (χ0) is 24.1. The summed E-state index contributed by atoms with van der Waals surface area (Å²) in [7, 11) is 1.59. The lowest BCUT2D eigenvalue weighted by atomic mass is 9.93. The third-order valence-corrected chi connectivity index (χ3v) is 6.38. The van der Waals surface area contributed by atoms with Gasteiger partial charge in [-0.3, -0.25) is 9.69 Å². The minimum Gasteiger partial charge on any atom is -0.493 e. The predicted molar refractivity (Wildman–Crippen MR) is 131 cm³/mol. The van der Waals surface area contributed by atoms with E-state index in [4.69, 9.17) is 14.2 Å². The molecule has 1 aromatic carbocycles. The number of amidine groups is 1. The van der Waals surface area contributed by atoms with Gasteiger partial charge in [-0.25, -0.2) is 9.79 Å². The van der Waals surface area contributed by atoms with Gasteiger partial charge in [-0.05, 0) is 42.9 Å². The highest BCUT2D eigenvalue weighted by atomic mass is 32.2. The molecule has 7 nitrogen and oxygen atoms in total. The maximum atomic E-state index is 13.2. The molecule has 1 saturated heterocycles. The number of carbonyl (C=O) groups excluding carboxylic acids is 2. The minimum atomic E-state index is -0.629. The molecule has 0 aliphatic carbocycles. The fourth-order valence-electron chi connectivity index (χ4n) is 3.67. The molecule has 0 spiro atoms. The number of ether oxygens (including phenoxy) is 3. The Bertz CT molecular complexity index is 954. The molecule has 0 N–H and O–H groups in total. The highest BCUT2D eigenvalue weighted by Gasteiger charge is 2.42. The molecule has 3 rings (SSSR count). The minimum absolute atomic E-state index is 0.0598. The number of hydrogen-bond donors (Lipinski definition) is 0. The highest BCUT2D eigenvalue weighted by molar-refractivity contribution is 8.14. The topological polar surface area (TPSA) is 77.4 Å². The van der Waals surface area contributed by atoms with Gasteiger partial charge in [0.05, 0.1) is 37.6 Å². The second-order valence-corrected chi connectivity index (χ2v) is 10.2. The van der Waals surface area contributed by atoms with Crippen LogP contribution < -0.4 is 9.47 Å². The van der Waals surface area contributed by atoms with Gasteiger partial charge in [-0.2, -0.15) is 0 Å². The molecule has 2 aliphatic rings. The first-order chi connectivity index (χ1) is 15.7. The molecular weight excluding hydrogens is 440 g/mol. The molecule has 0 unspecified atom stereocenters. The van der Waals surface area contributed by atoms with E-state index in [2.05, 4.69) is 18.8 Å². The number of hydrogen-bond acceptors (Lipinski definition) is 7. The van der Waals surface area contributed by atoms with Crippen molar-refractivity contribution < 1.29 is 23.8 Å². The fraction of sp³-hybridized carbons (Fsp3) is 0.560. The summed E-state index contributed by atoms with van der Waals surface area (Å²) in [5, 5.41) is 0.616. The number of esters is 1. The van der Waals surface area contributed by atoms with Crippen LogP contribution in [0.5, 0.6) is 11.5 Å². The van der Waals surface area contributed by atoms with Crippen LogP contribution in [-0.4, -0.2) is 48.0 Å². The van der Waals surface area contributed by atoms with Crippen LogP contribution in [0.3, 0.4) is 0 Å². The SMILES string of the molecule is COc1cc([C@H]2C(C(=O)OCC(C)C)=C(C)N=C3SCCC(=O)N32)ccc1OCCC(C)C.